The highest BCUT2D eigenvalue weighted by molar-refractivity contribution is 5.77. The molecule has 2 nitrogen and oxygen atoms in total. The Balaban J connectivity index is 2.40. The van der Waals surface area contributed by atoms with Crippen molar-refractivity contribution < 1.29 is 57.8 Å². The highest BCUT2D eigenvalue weighted by Gasteiger charge is 2.42. The van der Waals surface area contributed by atoms with Gasteiger partial charge in [0, 0.05) is 0 Å². The van der Waals surface area contributed by atoms with E-state index in [4.69, 9.17) is 0 Å². The molecule has 38 heavy (non-hydrogen) atoms. The molecule has 0 fully saturated rings. The van der Waals surface area contributed by atoms with Crippen molar-refractivity contribution in [2.75, 3.05) is 6.61 Å². The quantitative estimate of drug-likeness (QED) is 0.175. The van der Waals surface area contributed by atoms with Gasteiger partial charge in [0.1, 0.15) is 22.5 Å². The van der Waals surface area contributed by atoms with Crippen LogP contribution >= 0.6 is 0 Å². The first kappa shape index (κ1) is 28.6. The number of hydrogen-bond donors (Lipinski definition) is 0. The van der Waals surface area contributed by atoms with Gasteiger partial charge in [0.2, 0.25) is 11.6 Å². The molecule has 0 aliphatic carbocycles. The Bertz CT molecular complexity index is 1380. The molecule has 0 aliphatic rings. The molecule has 0 saturated heterocycles. The van der Waals surface area contributed by atoms with Crippen LogP contribution < -0.4 is 9.47 Å². The molecule has 0 atom stereocenters. The standard InChI is InChI=1S/C25H13F11O2/c1-2-10-37-23-20(30)17(27)12(18(28)21(23)31)8-9-13-16(26)15(25(34,35)36)19(29)14(22(13)38-24(32)33)11-6-4-3-5-7-11/h3-7,24H,2,10H2,1H3. The summed E-state index contributed by atoms with van der Waals surface area (Å²) >= 11 is 0. The maximum absolute atomic E-state index is 15.0. The second-order valence-corrected chi connectivity index (χ2v) is 7.38. The van der Waals surface area contributed by atoms with E-state index in [9.17, 15) is 48.3 Å². The normalized spacial score (nSPS) is 11.4. The molecule has 0 aliphatic heterocycles. The summed E-state index contributed by atoms with van der Waals surface area (Å²) in [6, 6.07) is 5.66. The van der Waals surface area contributed by atoms with E-state index in [0.717, 1.165) is 12.1 Å². The van der Waals surface area contributed by atoms with E-state index >= 15 is 0 Å². The summed E-state index contributed by atoms with van der Waals surface area (Å²) in [5.74, 6) is -13.5. The van der Waals surface area contributed by atoms with Gasteiger partial charge in [0.05, 0.1) is 12.2 Å². The highest BCUT2D eigenvalue weighted by Crippen LogP contribution is 2.45. The fourth-order valence-electron chi connectivity index (χ4n) is 3.28. The summed E-state index contributed by atoms with van der Waals surface area (Å²) in [5, 5.41) is 0. The first-order chi connectivity index (χ1) is 17.8. The molecule has 0 amide bonds. The second-order valence-electron chi connectivity index (χ2n) is 7.38. The molecule has 0 N–H and O–H groups in total. The van der Waals surface area contributed by atoms with Crippen LogP contribution in [-0.4, -0.2) is 13.2 Å². The van der Waals surface area contributed by atoms with Crippen LogP contribution in [0.2, 0.25) is 0 Å². The Kier molecular flexibility index (Phi) is 8.44. The van der Waals surface area contributed by atoms with Gasteiger partial charge in [-0.05, 0) is 12.0 Å². The van der Waals surface area contributed by atoms with Gasteiger partial charge in [-0.25, -0.2) is 17.6 Å². The second kappa shape index (κ2) is 11.2. The predicted octanol–water partition coefficient (Wildman–Crippen LogP) is 8.00. The fraction of sp³-hybridized carbons (Fsp3) is 0.200. The molecular formula is C25H13F11O2. The summed E-state index contributed by atoms with van der Waals surface area (Å²) in [6.07, 6.45) is -5.56. The molecule has 3 aromatic rings. The molecule has 202 valence electrons. The minimum absolute atomic E-state index is 0.186. The summed E-state index contributed by atoms with van der Waals surface area (Å²) in [4.78, 5) is 0. The molecule has 13 heteroatoms. The van der Waals surface area contributed by atoms with Crippen LogP contribution in [0, 0.1) is 46.7 Å². The summed E-state index contributed by atoms with van der Waals surface area (Å²) in [5.41, 5.74) is -7.80. The first-order valence-corrected chi connectivity index (χ1v) is 10.4. The maximum Gasteiger partial charge on any atom is 0.422 e. The minimum Gasteiger partial charge on any atom is -0.487 e. The zero-order valence-corrected chi connectivity index (χ0v) is 18.9. The van der Waals surface area contributed by atoms with E-state index in [-0.39, 0.29) is 13.0 Å². The third kappa shape index (κ3) is 5.49. The van der Waals surface area contributed by atoms with Crippen molar-refractivity contribution in [3.8, 4) is 34.5 Å². The monoisotopic (exact) mass is 554 g/mol. The lowest BCUT2D eigenvalue weighted by Crippen LogP contribution is -2.17. The number of ether oxygens (including phenoxy) is 2. The Morgan fingerprint density at radius 1 is 0.737 bits per heavy atom. The lowest BCUT2D eigenvalue weighted by molar-refractivity contribution is -0.142. The van der Waals surface area contributed by atoms with Crippen LogP contribution in [0.3, 0.4) is 0 Å². The smallest absolute Gasteiger partial charge is 0.422 e. The Morgan fingerprint density at radius 3 is 1.79 bits per heavy atom. The van der Waals surface area contributed by atoms with E-state index in [0.29, 0.717) is 0 Å². The van der Waals surface area contributed by atoms with Gasteiger partial charge in [0.25, 0.3) is 0 Å². The van der Waals surface area contributed by atoms with Gasteiger partial charge in [-0.3, -0.25) is 0 Å². The Morgan fingerprint density at radius 2 is 1.29 bits per heavy atom. The third-order valence-corrected chi connectivity index (χ3v) is 4.87. The summed E-state index contributed by atoms with van der Waals surface area (Å²) < 4.78 is 163. The lowest BCUT2D eigenvalue weighted by atomic mass is 9.95. The largest absolute Gasteiger partial charge is 0.487 e. The van der Waals surface area contributed by atoms with Crippen molar-refractivity contribution in [1.82, 2.24) is 0 Å². The van der Waals surface area contributed by atoms with Gasteiger partial charge in [0.15, 0.2) is 29.0 Å². The van der Waals surface area contributed by atoms with E-state index in [1.54, 1.807) is 0 Å². The molecule has 0 radical (unpaired) electrons. The molecule has 0 heterocycles. The molecule has 0 spiro atoms. The van der Waals surface area contributed by atoms with Crippen LogP contribution in [-0.2, 0) is 6.18 Å². The van der Waals surface area contributed by atoms with Crippen LogP contribution in [0.5, 0.6) is 11.5 Å². The van der Waals surface area contributed by atoms with Crippen molar-refractivity contribution in [1.29, 1.82) is 0 Å². The molecule has 0 unspecified atom stereocenters. The predicted molar refractivity (Wildman–Crippen MR) is 111 cm³/mol. The minimum atomic E-state index is -5.75. The van der Waals surface area contributed by atoms with E-state index in [1.165, 1.54) is 37.0 Å². The van der Waals surface area contributed by atoms with Gasteiger partial charge < -0.3 is 9.47 Å². The van der Waals surface area contributed by atoms with Crippen LogP contribution in [0.15, 0.2) is 30.3 Å². The SMILES string of the molecule is CCCOc1c(F)c(F)c(C#Cc2c(F)c(C(F)(F)F)c(F)c(-c3ccccc3)c2OC(F)F)c(F)c1F. The van der Waals surface area contributed by atoms with Crippen LogP contribution in [0.25, 0.3) is 11.1 Å². The summed E-state index contributed by atoms with van der Waals surface area (Å²) in [6.45, 7) is -2.70. The molecule has 3 aromatic carbocycles. The van der Waals surface area contributed by atoms with Crippen molar-refractivity contribution >= 4 is 0 Å². The zero-order chi connectivity index (χ0) is 28.4. The molecule has 0 aromatic heterocycles. The van der Waals surface area contributed by atoms with Gasteiger partial charge >= 0.3 is 12.8 Å². The van der Waals surface area contributed by atoms with Gasteiger partial charge in [-0.1, -0.05) is 49.1 Å². The van der Waals surface area contributed by atoms with E-state index < -0.39 is 87.0 Å². The molecule has 0 bridgehead atoms. The number of hydrogen-bond acceptors (Lipinski definition) is 2. The first-order valence-electron chi connectivity index (χ1n) is 10.4. The average molecular weight is 554 g/mol. The van der Waals surface area contributed by atoms with Crippen molar-refractivity contribution in [2.24, 2.45) is 0 Å². The molecular weight excluding hydrogens is 541 g/mol. The van der Waals surface area contributed by atoms with Crippen molar-refractivity contribution in [3.63, 3.8) is 0 Å². The Hall–Kier alpha value is -3.95. The van der Waals surface area contributed by atoms with Crippen LogP contribution in [0.4, 0.5) is 48.3 Å². The van der Waals surface area contributed by atoms with E-state index in [2.05, 4.69) is 9.47 Å². The topological polar surface area (TPSA) is 18.5 Å². The van der Waals surface area contributed by atoms with Crippen molar-refractivity contribution in [2.45, 2.75) is 26.1 Å². The highest BCUT2D eigenvalue weighted by atomic mass is 19.4. The number of rotatable bonds is 6. The van der Waals surface area contributed by atoms with Crippen LogP contribution in [0.1, 0.15) is 30.0 Å². The van der Waals surface area contributed by atoms with Gasteiger partial charge in [-0.15, -0.1) is 0 Å². The number of alkyl halides is 5. The fourth-order valence-corrected chi connectivity index (χ4v) is 3.28. The molecule has 3 rings (SSSR count). The maximum atomic E-state index is 15.0. The van der Waals surface area contributed by atoms with Gasteiger partial charge in [-0.2, -0.15) is 30.7 Å². The Labute approximate surface area is 207 Å². The number of benzene rings is 3. The molecule has 0 saturated carbocycles. The lowest BCUT2D eigenvalue weighted by Gasteiger charge is -2.19. The zero-order valence-electron chi connectivity index (χ0n) is 18.9. The van der Waals surface area contributed by atoms with Crippen molar-refractivity contribution in [3.05, 3.63) is 81.9 Å². The number of halogens is 11. The average Bonchev–Trinajstić information content (AvgIpc) is 2.84. The summed E-state index contributed by atoms with van der Waals surface area (Å²) in [7, 11) is 0. The third-order valence-electron chi connectivity index (χ3n) is 4.87. The van der Waals surface area contributed by atoms with E-state index in [1.807, 2.05) is 0 Å².